The Hall–Kier alpha value is -0.810. The SMILES string of the molecule is CN=C(NCC1(C)CCCCC1O)NC1CN(C2CC2)CC1C. The van der Waals surface area contributed by atoms with E-state index in [4.69, 9.17) is 0 Å². The minimum atomic E-state index is -0.197. The predicted octanol–water partition coefficient (Wildman–Crippen LogP) is 1.58. The molecule has 3 rings (SSSR count). The van der Waals surface area contributed by atoms with Crippen molar-refractivity contribution >= 4 is 5.96 Å². The van der Waals surface area contributed by atoms with E-state index in [1.54, 1.807) is 0 Å². The molecule has 3 fully saturated rings. The number of rotatable bonds is 4. The molecule has 3 aliphatic rings. The predicted molar refractivity (Wildman–Crippen MR) is 94.6 cm³/mol. The average molecular weight is 322 g/mol. The molecule has 0 spiro atoms. The van der Waals surface area contributed by atoms with Gasteiger partial charge in [-0.25, -0.2) is 0 Å². The first-order chi connectivity index (χ1) is 11.0. The number of aliphatic hydroxyl groups is 1. The van der Waals surface area contributed by atoms with Crippen molar-refractivity contribution in [2.45, 2.75) is 70.6 Å². The summed E-state index contributed by atoms with van der Waals surface area (Å²) in [5.41, 5.74) is -0.0305. The minimum Gasteiger partial charge on any atom is -0.392 e. The maximum absolute atomic E-state index is 10.3. The van der Waals surface area contributed by atoms with Crippen molar-refractivity contribution in [3.8, 4) is 0 Å². The van der Waals surface area contributed by atoms with Crippen molar-refractivity contribution in [2.24, 2.45) is 16.3 Å². The molecule has 3 N–H and O–H groups in total. The third-order valence-electron chi connectivity index (χ3n) is 6.19. The summed E-state index contributed by atoms with van der Waals surface area (Å²) >= 11 is 0. The quantitative estimate of drug-likeness (QED) is 0.543. The van der Waals surface area contributed by atoms with Crippen LogP contribution in [0.5, 0.6) is 0 Å². The van der Waals surface area contributed by atoms with Crippen molar-refractivity contribution in [3.63, 3.8) is 0 Å². The van der Waals surface area contributed by atoms with Crippen LogP contribution < -0.4 is 10.6 Å². The van der Waals surface area contributed by atoms with E-state index in [0.717, 1.165) is 44.4 Å². The summed E-state index contributed by atoms with van der Waals surface area (Å²) in [5, 5.41) is 17.4. The lowest BCUT2D eigenvalue weighted by Crippen LogP contribution is -2.51. The average Bonchev–Trinajstić information content (AvgIpc) is 3.32. The van der Waals surface area contributed by atoms with Crippen molar-refractivity contribution in [3.05, 3.63) is 0 Å². The van der Waals surface area contributed by atoms with E-state index in [2.05, 4.69) is 34.4 Å². The monoisotopic (exact) mass is 322 g/mol. The van der Waals surface area contributed by atoms with Gasteiger partial charge in [-0.15, -0.1) is 0 Å². The number of nitrogens with zero attached hydrogens (tertiary/aromatic N) is 2. The molecule has 0 amide bonds. The van der Waals surface area contributed by atoms with E-state index in [-0.39, 0.29) is 11.5 Å². The fraction of sp³-hybridized carbons (Fsp3) is 0.944. The van der Waals surface area contributed by atoms with Gasteiger partial charge in [0.25, 0.3) is 0 Å². The number of aliphatic hydroxyl groups excluding tert-OH is 1. The Bertz CT molecular complexity index is 437. The van der Waals surface area contributed by atoms with Crippen LogP contribution in [0, 0.1) is 11.3 Å². The molecule has 5 heteroatoms. The van der Waals surface area contributed by atoms with Gasteiger partial charge in [-0.2, -0.15) is 0 Å². The Kier molecular flexibility index (Phi) is 5.16. The highest BCUT2D eigenvalue weighted by Crippen LogP contribution is 2.35. The number of aliphatic imine (C=N–C) groups is 1. The highest BCUT2D eigenvalue weighted by atomic mass is 16.3. The second-order valence-electron chi connectivity index (χ2n) is 8.25. The first-order valence-corrected chi connectivity index (χ1v) is 9.41. The molecule has 1 aliphatic heterocycles. The molecule has 0 aromatic heterocycles. The molecule has 0 bridgehead atoms. The molecular formula is C18H34N4O. The maximum atomic E-state index is 10.3. The summed E-state index contributed by atoms with van der Waals surface area (Å²) in [6.07, 6.45) is 6.95. The Morgan fingerprint density at radius 1 is 1.26 bits per heavy atom. The van der Waals surface area contributed by atoms with E-state index >= 15 is 0 Å². The summed E-state index contributed by atoms with van der Waals surface area (Å²) < 4.78 is 0. The Labute approximate surface area is 140 Å². The first-order valence-electron chi connectivity index (χ1n) is 9.41. The zero-order valence-electron chi connectivity index (χ0n) is 15.0. The highest BCUT2D eigenvalue weighted by molar-refractivity contribution is 5.80. The second kappa shape index (κ2) is 6.98. The Morgan fingerprint density at radius 3 is 2.70 bits per heavy atom. The van der Waals surface area contributed by atoms with Crippen LogP contribution in [-0.2, 0) is 0 Å². The molecule has 5 nitrogen and oxygen atoms in total. The molecule has 0 aromatic rings. The largest absolute Gasteiger partial charge is 0.392 e. The van der Waals surface area contributed by atoms with Crippen LogP contribution in [0.1, 0.15) is 52.4 Å². The van der Waals surface area contributed by atoms with Gasteiger partial charge in [0.15, 0.2) is 5.96 Å². The van der Waals surface area contributed by atoms with Crippen molar-refractivity contribution in [1.29, 1.82) is 0 Å². The van der Waals surface area contributed by atoms with Crippen LogP contribution >= 0.6 is 0 Å². The highest BCUT2D eigenvalue weighted by Gasteiger charge is 2.39. The van der Waals surface area contributed by atoms with Crippen LogP contribution in [0.25, 0.3) is 0 Å². The second-order valence-corrected chi connectivity index (χ2v) is 8.25. The van der Waals surface area contributed by atoms with Crippen LogP contribution in [0.15, 0.2) is 4.99 Å². The molecule has 1 heterocycles. The van der Waals surface area contributed by atoms with E-state index in [1.807, 2.05) is 7.05 Å². The topological polar surface area (TPSA) is 59.9 Å². The van der Waals surface area contributed by atoms with Crippen molar-refractivity contribution < 1.29 is 5.11 Å². The van der Waals surface area contributed by atoms with Gasteiger partial charge in [-0.05, 0) is 31.6 Å². The number of hydrogen-bond donors (Lipinski definition) is 3. The third kappa shape index (κ3) is 4.00. The summed E-state index contributed by atoms with van der Waals surface area (Å²) in [5.74, 6) is 1.54. The van der Waals surface area contributed by atoms with E-state index in [0.29, 0.717) is 12.0 Å². The zero-order chi connectivity index (χ0) is 16.4. The molecule has 2 aliphatic carbocycles. The van der Waals surface area contributed by atoms with Crippen molar-refractivity contribution in [2.75, 3.05) is 26.7 Å². The fourth-order valence-electron chi connectivity index (χ4n) is 4.17. The molecule has 132 valence electrons. The van der Waals surface area contributed by atoms with Crippen molar-refractivity contribution in [1.82, 2.24) is 15.5 Å². The zero-order valence-corrected chi connectivity index (χ0v) is 15.0. The molecule has 4 atom stereocenters. The Morgan fingerprint density at radius 2 is 2.04 bits per heavy atom. The lowest BCUT2D eigenvalue weighted by atomic mass is 9.73. The van der Waals surface area contributed by atoms with Crippen LogP contribution in [0.2, 0.25) is 0 Å². The maximum Gasteiger partial charge on any atom is 0.191 e. The van der Waals surface area contributed by atoms with E-state index in [1.165, 1.54) is 25.8 Å². The number of hydrogen-bond acceptors (Lipinski definition) is 3. The smallest absolute Gasteiger partial charge is 0.191 e. The molecular weight excluding hydrogens is 288 g/mol. The number of guanidine groups is 1. The normalized spacial score (nSPS) is 39.5. The van der Waals surface area contributed by atoms with Gasteiger partial charge in [-0.1, -0.05) is 26.7 Å². The molecule has 0 radical (unpaired) electrons. The molecule has 1 saturated heterocycles. The van der Waals surface area contributed by atoms with Gasteiger partial charge in [0.2, 0.25) is 0 Å². The lowest BCUT2D eigenvalue weighted by molar-refractivity contribution is 0.00395. The standard InChI is InChI=1S/C18H34N4O/c1-13-10-22(14-7-8-14)11-15(13)21-17(19-3)20-12-18(2)9-5-4-6-16(18)23/h13-16,23H,4-12H2,1-3H3,(H2,19,20,21). The molecule has 23 heavy (non-hydrogen) atoms. The molecule has 4 unspecified atom stereocenters. The molecule has 2 saturated carbocycles. The third-order valence-corrected chi connectivity index (χ3v) is 6.19. The van der Waals surface area contributed by atoms with Gasteiger partial charge in [0, 0.05) is 44.2 Å². The summed E-state index contributed by atoms with van der Waals surface area (Å²) in [4.78, 5) is 7.03. The van der Waals surface area contributed by atoms with Gasteiger partial charge in [0.1, 0.15) is 0 Å². The summed E-state index contributed by atoms with van der Waals surface area (Å²) in [7, 11) is 1.84. The van der Waals surface area contributed by atoms with Gasteiger partial charge in [0.05, 0.1) is 6.10 Å². The lowest BCUT2D eigenvalue weighted by Gasteiger charge is -2.39. The van der Waals surface area contributed by atoms with Gasteiger partial charge in [-0.3, -0.25) is 9.89 Å². The minimum absolute atomic E-state index is 0.0305. The van der Waals surface area contributed by atoms with Crippen LogP contribution in [0.4, 0.5) is 0 Å². The summed E-state index contributed by atoms with van der Waals surface area (Å²) in [6.45, 7) is 7.66. The van der Waals surface area contributed by atoms with E-state index < -0.39 is 0 Å². The fourth-order valence-corrected chi connectivity index (χ4v) is 4.17. The van der Waals surface area contributed by atoms with Crippen LogP contribution in [-0.4, -0.2) is 60.8 Å². The number of likely N-dealkylation sites (tertiary alicyclic amines) is 1. The first kappa shape index (κ1) is 17.0. The molecule has 0 aromatic carbocycles. The van der Waals surface area contributed by atoms with E-state index in [9.17, 15) is 5.11 Å². The van der Waals surface area contributed by atoms with Crippen LogP contribution in [0.3, 0.4) is 0 Å². The van der Waals surface area contributed by atoms with Gasteiger partial charge >= 0.3 is 0 Å². The van der Waals surface area contributed by atoms with Gasteiger partial charge < -0.3 is 15.7 Å². The Balaban J connectivity index is 1.50. The summed E-state index contributed by atoms with van der Waals surface area (Å²) in [6, 6.07) is 1.32. The number of nitrogens with one attached hydrogen (secondary N) is 2.